The predicted molar refractivity (Wildman–Crippen MR) is 116 cm³/mol. The molecule has 5 atom stereocenters. The molecule has 1 aromatic rings. The first-order chi connectivity index (χ1) is 15.4. The number of nitrogens with one attached hydrogen (secondary N) is 3. The van der Waals surface area contributed by atoms with Crippen LogP contribution >= 0.6 is 0 Å². The molecule has 8 N–H and O–H groups in total. The van der Waals surface area contributed by atoms with E-state index in [0.717, 1.165) is 5.56 Å². The molecule has 0 aliphatic heterocycles. The molecular weight excluding hydrogens is 436 g/mol. The van der Waals surface area contributed by atoms with Gasteiger partial charge in [0.25, 0.3) is 0 Å². The molecule has 0 saturated carbocycles. The molecule has 1 rings (SSSR count). The second-order valence-corrected chi connectivity index (χ2v) is 7.59. The fraction of sp³-hybridized carbons (Fsp3) is 0.476. The molecule has 0 fully saturated rings. The van der Waals surface area contributed by atoms with Gasteiger partial charge in [0.2, 0.25) is 17.7 Å². The lowest BCUT2D eigenvalue weighted by Crippen LogP contribution is -2.57. The fourth-order valence-electron chi connectivity index (χ4n) is 2.82. The van der Waals surface area contributed by atoms with Crippen molar-refractivity contribution in [2.24, 2.45) is 5.73 Å². The van der Waals surface area contributed by atoms with Crippen LogP contribution in [0.4, 0.5) is 0 Å². The third-order valence-electron chi connectivity index (χ3n) is 4.71. The van der Waals surface area contributed by atoms with Gasteiger partial charge in [-0.2, -0.15) is 0 Å². The van der Waals surface area contributed by atoms with Crippen LogP contribution < -0.4 is 21.7 Å². The van der Waals surface area contributed by atoms with E-state index in [4.69, 9.17) is 15.9 Å². The normalized spacial score (nSPS) is 15.3. The summed E-state index contributed by atoms with van der Waals surface area (Å²) in [6.07, 6.45) is -1.89. The fourth-order valence-corrected chi connectivity index (χ4v) is 2.82. The van der Waals surface area contributed by atoms with Gasteiger partial charge in [-0.25, -0.2) is 4.79 Å². The second-order valence-electron chi connectivity index (χ2n) is 7.59. The quantitative estimate of drug-likeness (QED) is 0.178. The first kappa shape index (κ1) is 27.5. The lowest BCUT2D eigenvalue weighted by atomic mass is 10.0. The van der Waals surface area contributed by atoms with Crippen LogP contribution in [-0.2, 0) is 30.4 Å². The number of benzene rings is 1. The molecule has 0 aromatic heterocycles. The summed E-state index contributed by atoms with van der Waals surface area (Å²) in [5.41, 5.74) is 6.71. The van der Waals surface area contributed by atoms with E-state index in [0.29, 0.717) is 0 Å². The summed E-state index contributed by atoms with van der Waals surface area (Å²) in [5, 5.41) is 34.3. The highest BCUT2D eigenvalue weighted by molar-refractivity contribution is 5.94. The number of carbonyl (C=O) groups is 5. The molecule has 0 aliphatic carbocycles. The van der Waals surface area contributed by atoms with Crippen LogP contribution in [0.15, 0.2) is 30.3 Å². The van der Waals surface area contributed by atoms with Crippen molar-refractivity contribution in [3.63, 3.8) is 0 Å². The van der Waals surface area contributed by atoms with E-state index >= 15 is 0 Å². The maximum Gasteiger partial charge on any atom is 0.328 e. The highest BCUT2D eigenvalue weighted by atomic mass is 16.4. The van der Waals surface area contributed by atoms with Gasteiger partial charge in [0, 0.05) is 6.42 Å². The molecular formula is C21H30N4O8. The minimum Gasteiger partial charge on any atom is -0.481 e. The van der Waals surface area contributed by atoms with E-state index in [-0.39, 0.29) is 12.8 Å². The molecule has 0 radical (unpaired) electrons. The third-order valence-corrected chi connectivity index (χ3v) is 4.71. The van der Waals surface area contributed by atoms with Crippen molar-refractivity contribution < 1.29 is 39.3 Å². The third kappa shape index (κ3) is 9.66. The molecule has 0 saturated heterocycles. The van der Waals surface area contributed by atoms with E-state index in [1.807, 2.05) is 0 Å². The molecule has 33 heavy (non-hydrogen) atoms. The van der Waals surface area contributed by atoms with Crippen LogP contribution in [0.2, 0.25) is 0 Å². The first-order valence-electron chi connectivity index (χ1n) is 10.3. The summed E-state index contributed by atoms with van der Waals surface area (Å²) in [4.78, 5) is 59.4. The second kappa shape index (κ2) is 13.1. The average molecular weight is 466 g/mol. The Bertz CT molecular complexity index is 846. The Morgan fingerprint density at radius 3 is 2.03 bits per heavy atom. The minimum atomic E-state index is -1.59. The van der Waals surface area contributed by atoms with Gasteiger partial charge in [-0.15, -0.1) is 0 Å². The van der Waals surface area contributed by atoms with Gasteiger partial charge in [-0.05, 0) is 32.3 Å². The van der Waals surface area contributed by atoms with Crippen molar-refractivity contribution in [2.75, 3.05) is 0 Å². The number of rotatable bonds is 13. The van der Waals surface area contributed by atoms with Gasteiger partial charge < -0.3 is 37.0 Å². The van der Waals surface area contributed by atoms with Crippen molar-refractivity contribution in [2.45, 2.75) is 63.4 Å². The van der Waals surface area contributed by atoms with E-state index in [2.05, 4.69) is 16.0 Å². The maximum atomic E-state index is 12.6. The zero-order chi connectivity index (χ0) is 25.1. The monoisotopic (exact) mass is 466 g/mol. The molecule has 0 bridgehead atoms. The number of hydrogen-bond donors (Lipinski definition) is 7. The molecule has 182 valence electrons. The Morgan fingerprint density at radius 2 is 1.52 bits per heavy atom. The largest absolute Gasteiger partial charge is 0.481 e. The van der Waals surface area contributed by atoms with Crippen molar-refractivity contribution in [3.8, 4) is 0 Å². The maximum absolute atomic E-state index is 12.6. The minimum absolute atomic E-state index is 0.189. The van der Waals surface area contributed by atoms with Crippen LogP contribution in [0, 0.1) is 0 Å². The summed E-state index contributed by atoms with van der Waals surface area (Å²) in [7, 11) is 0. The van der Waals surface area contributed by atoms with Crippen LogP contribution in [0.1, 0.15) is 32.3 Å². The van der Waals surface area contributed by atoms with E-state index in [9.17, 15) is 29.1 Å². The summed E-state index contributed by atoms with van der Waals surface area (Å²) in [6, 6.07) is 3.80. The van der Waals surface area contributed by atoms with Gasteiger partial charge >= 0.3 is 11.9 Å². The number of hydrogen-bond acceptors (Lipinski definition) is 7. The Kier molecular flexibility index (Phi) is 11.0. The molecule has 12 heteroatoms. The van der Waals surface area contributed by atoms with Crippen molar-refractivity contribution in [1.29, 1.82) is 0 Å². The highest BCUT2D eigenvalue weighted by Crippen LogP contribution is 2.05. The predicted octanol–water partition coefficient (Wildman–Crippen LogP) is -1.64. The number of aliphatic hydroxyl groups excluding tert-OH is 1. The van der Waals surface area contributed by atoms with Crippen LogP contribution in [0.5, 0.6) is 0 Å². The Balaban J connectivity index is 2.80. The van der Waals surface area contributed by atoms with Gasteiger partial charge in [0.15, 0.2) is 6.04 Å². The number of amides is 3. The Labute approximate surface area is 190 Å². The number of aliphatic hydroxyl groups is 1. The van der Waals surface area contributed by atoms with Gasteiger partial charge in [0.05, 0.1) is 12.1 Å². The molecule has 3 amide bonds. The average Bonchev–Trinajstić information content (AvgIpc) is 2.74. The van der Waals surface area contributed by atoms with Crippen molar-refractivity contribution in [3.05, 3.63) is 35.9 Å². The van der Waals surface area contributed by atoms with Gasteiger partial charge in [-0.3, -0.25) is 19.2 Å². The number of aliphatic carboxylic acids is 2. The van der Waals surface area contributed by atoms with Gasteiger partial charge in [0.1, 0.15) is 12.1 Å². The van der Waals surface area contributed by atoms with E-state index < -0.39 is 66.4 Å². The number of carbonyl (C=O) groups excluding carboxylic acids is 3. The van der Waals surface area contributed by atoms with Crippen molar-refractivity contribution in [1.82, 2.24) is 16.0 Å². The molecule has 0 heterocycles. The molecule has 0 spiro atoms. The number of carboxylic acid groups (broad SMARTS) is 2. The van der Waals surface area contributed by atoms with Crippen LogP contribution in [0.3, 0.4) is 0 Å². The number of carboxylic acids is 2. The Morgan fingerprint density at radius 1 is 0.909 bits per heavy atom. The lowest BCUT2D eigenvalue weighted by Gasteiger charge is -2.24. The zero-order valence-corrected chi connectivity index (χ0v) is 18.4. The molecule has 0 aliphatic rings. The molecule has 12 nitrogen and oxygen atoms in total. The summed E-state index contributed by atoms with van der Waals surface area (Å²) in [5.74, 6) is -5.07. The number of nitrogens with two attached hydrogens (primary N) is 1. The highest BCUT2D eigenvalue weighted by Gasteiger charge is 2.30. The SMILES string of the molecule is CC(NC(=O)C(CCC(=O)O)NC(=O)C(N)Cc1ccccc1)C(=O)NC(C(=O)O)C(C)O. The smallest absolute Gasteiger partial charge is 0.328 e. The zero-order valence-electron chi connectivity index (χ0n) is 18.4. The topological polar surface area (TPSA) is 208 Å². The first-order valence-corrected chi connectivity index (χ1v) is 10.3. The Hall–Kier alpha value is -3.51. The van der Waals surface area contributed by atoms with Crippen molar-refractivity contribution >= 4 is 29.7 Å². The standard InChI is InChI=1S/C21H30N4O8/c1-11(18(29)25-17(12(2)26)21(32)33)23-20(31)15(8-9-16(27)28)24-19(30)14(22)10-13-6-4-3-5-7-13/h3-7,11-12,14-15,17,26H,8-10,22H2,1-2H3,(H,23,31)(H,24,30)(H,25,29)(H,27,28)(H,32,33). The van der Waals surface area contributed by atoms with E-state index in [1.165, 1.54) is 13.8 Å². The van der Waals surface area contributed by atoms with E-state index in [1.54, 1.807) is 30.3 Å². The molecule has 5 unspecified atom stereocenters. The van der Waals surface area contributed by atoms with Crippen LogP contribution in [-0.4, -0.2) is 75.3 Å². The van der Waals surface area contributed by atoms with Crippen LogP contribution in [0.25, 0.3) is 0 Å². The summed E-state index contributed by atoms with van der Waals surface area (Å²) >= 11 is 0. The lowest BCUT2D eigenvalue weighted by molar-refractivity contribution is -0.145. The molecule has 1 aromatic carbocycles. The summed E-state index contributed by atoms with van der Waals surface area (Å²) < 4.78 is 0. The summed E-state index contributed by atoms with van der Waals surface area (Å²) in [6.45, 7) is 2.45. The van der Waals surface area contributed by atoms with Gasteiger partial charge in [-0.1, -0.05) is 30.3 Å².